The van der Waals surface area contributed by atoms with Gasteiger partial charge >= 0.3 is 11.9 Å². The SMILES string of the molecule is COC(=O)C1Cc2ccc#cc2OC1=O. The second kappa shape index (κ2) is 3.62. The van der Waals surface area contributed by atoms with Gasteiger partial charge < -0.3 is 9.47 Å². The minimum absolute atomic E-state index is 0.298. The lowest BCUT2D eigenvalue weighted by Gasteiger charge is -2.19. The van der Waals surface area contributed by atoms with E-state index in [1.54, 1.807) is 12.1 Å². The Morgan fingerprint density at radius 3 is 3.20 bits per heavy atom. The van der Waals surface area contributed by atoms with Crippen LogP contribution in [-0.2, 0) is 20.7 Å². The summed E-state index contributed by atoms with van der Waals surface area (Å²) >= 11 is 0. The zero-order valence-electron chi connectivity index (χ0n) is 8.07. The summed E-state index contributed by atoms with van der Waals surface area (Å²) in [5, 5.41) is 0. The third kappa shape index (κ3) is 1.64. The Bertz CT molecular complexity index is 411. The lowest BCUT2D eigenvalue weighted by molar-refractivity contribution is -0.156. The molecule has 0 spiro atoms. The van der Waals surface area contributed by atoms with E-state index in [2.05, 4.69) is 16.9 Å². The molecule has 0 fully saturated rings. The predicted octanol–water partition coefficient (Wildman–Crippen LogP) is 0.538. The van der Waals surface area contributed by atoms with Crippen molar-refractivity contribution in [2.24, 2.45) is 5.92 Å². The summed E-state index contributed by atoms with van der Waals surface area (Å²) in [6.45, 7) is 0. The molecule has 0 aliphatic carbocycles. The lowest BCUT2D eigenvalue weighted by atomic mass is 9.97. The Labute approximate surface area is 86.8 Å². The first-order valence-electron chi connectivity index (χ1n) is 4.43. The Kier molecular flexibility index (Phi) is 2.30. The summed E-state index contributed by atoms with van der Waals surface area (Å²) in [6.07, 6.45) is 0.298. The monoisotopic (exact) mass is 204 g/mol. The zero-order valence-corrected chi connectivity index (χ0v) is 8.07. The van der Waals surface area contributed by atoms with Gasteiger partial charge in [-0.3, -0.25) is 9.59 Å². The van der Waals surface area contributed by atoms with Crippen molar-refractivity contribution in [3.63, 3.8) is 0 Å². The Morgan fingerprint density at radius 2 is 2.47 bits per heavy atom. The van der Waals surface area contributed by atoms with Crippen molar-refractivity contribution in [3.8, 4) is 5.75 Å². The topological polar surface area (TPSA) is 52.6 Å². The molecule has 2 rings (SSSR count). The number of methoxy groups -OCH3 is 1. The molecule has 0 aromatic heterocycles. The largest absolute Gasteiger partial charge is 0.468 e. The fraction of sp³-hybridized carbons (Fsp3) is 0.273. The van der Waals surface area contributed by atoms with Crippen LogP contribution in [0, 0.1) is 18.1 Å². The molecule has 0 radical (unpaired) electrons. The molecule has 15 heavy (non-hydrogen) atoms. The van der Waals surface area contributed by atoms with Gasteiger partial charge in [-0.15, -0.1) is 0 Å². The van der Waals surface area contributed by atoms with Gasteiger partial charge in [0.1, 0.15) is 0 Å². The summed E-state index contributed by atoms with van der Waals surface area (Å²) in [7, 11) is 1.25. The van der Waals surface area contributed by atoms with Gasteiger partial charge in [-0.25, -0.2) is 0 Å². The first kappa shape index (κ1) is 9.53. The van der Waals surface area contributed by atoms with Gasteiger partial charge in [-0.05, 0) is 18.2 Å². The predicted molar refractivity (Wildman–Crippen MR) is 49.0 cm³/mol. The quantitative estimate of drug-likeness (QED) is 0.495. The number of carbonyl (C=O) groups excluding carboxylic acids is 2. The average molecular weight is 204 g/mol. The van der Waals surface area contributed by atoms with Crippen LogP contribution in [0.3, 0.4) is 0 Å². The molecule has 0 amide bonds. The summed E-state index contributed by atoms with van der Waals surface area (Å²) in [5.41, 5.74) is 0.767. The molecule has 1 unspecified atom stereocenters. The molecule has 1 atom stereocenters. The van der Waals surface area contributed by atoms with Crippen LogP contribution in [0.2, 0.25) is 0 Å². The van der Waals surface area contributed by atoms with Crippen LogP contribution < -0.4 is 4.74 Å². The first-order valence-corrected chi connectivity index (χ1v) is 4.43. The maximum absolute atomic E-state index is 11.4. The number of carbonyl (C=O) groups is 2. The summed E-state index contributed by atoms with van der Waals surface area (Å²) in [5.74, 6) is -1.68. The van der Waals surface area contributed by atoms with E-state index in [4.69, 9.17) is 4.74 Å². The molecular formula is C11H8O4. The molecule has 0 saturated heterocycles. The smallest absolute Gasteiger partial charge is 0.326 e. The molecule has 1 heterocycles. The van der Waals surface area contributed by atoms with E-state index in [1.165, 1.54) is 7.11 Å². The van der Waals surface area contributed by atoms with Crippen molar-refractivity contribution in [2.75, 3.05) is 7.11 Å². The molecule has 1 aromatic rings. The molecule has 0 N–H and O–H groups in total. The first-order chi connectivity index (χ1) is 7.22. The fourth-order valence-electron chi connectivity index (χ4n) is 1.45. The van der Waals surface area contributed by atoms with Crippen LogP contribution >= 0.6 is 0 Å². The van der Waals surface area contributed by atoms with Crippen LogP contribution in [0.15, 0.2) is 12.1 Å². The molecule has 1 aliphatic rings. The van der Waals surface area contributed by atoms with Crippen molar-refractivity contribution in [1.29, 1.82) is 0 Å². The second-order valence-electron chi connectivity index (χ2n) is 3.16. The highest BCUT2D eigenvalue weighted by molar-refractivity contribution is 5.97. The minimum Gasteiger partial charge on any atom is -0.468 e. The molecule has 1 aliphatic heterocycles. The van der Waals surface area contributed by atoms with Crippen LogP contribution in [0.25, 0.3) is 0 Å². The van der Waals surface area contributed by atoms with E-state index in [-0.39, 0.29) is 0 Å². The van der Waals surface area contributed by atoms with Gasteiger partial charge in [-0.1, -0.05) is 6.07 Å². The minimum atomic E-state index is -0.863. The van der Waals surface area contributed by atoms with Crippen molar-refractivity contribution in [3.05, 3.63) is 29.8 Å². The number of hydrogen-bond donors (Lipinski definition) is 0. The Balaban J connectivity index is 2.29. The van der Waals surface area contributed by atoms with Gasteiger partial charge in [0.05, 0.1) is 7.11 Å². The van der Waals surface area contributed by atoms with Gasteiger partial charge in [0, 0.05) is 12.0 Å². The molecule has 0 saturated carbocycles. The zero-order chi connectivity index (χ0) is 10.8. The van der Waals surface area contributed by atoms with Crippen LogP contribution in [-0.4, -0.2) is 19.0 Å². The average Bonchev–Trinajstić information content (AvgIpc) is 2.27. The summed E-state index contributed by atoms with van der Waals surface area (Å²) < 4.78 is 9.46. The summed E-state index contributed by atoms with van der Waals surface area (Å²) in [6, 6.07) is 8.76. The molecular weight excluding hydrogens is 196 g/mol. The second-order valence-corrected chi connectivity index (χ2v) is 3.16. The van der Waals surface area contributed by atoms with E-state index in [0.29, 0.717) is 12.2 Å². The molecule has 4 heteroatoms. The van der Waals surface area contributed by atoms with Crippen molar-refractivity contribution in [2.45, 2.75) is 6.42 Å². The maximum atomic E-state index is 11.4. The maximum Gasteiger partial charge on any atom is 0.326 e. The standard InChI is InChI=1S/C11H8O4/c1-14-10(12)8-6-7-4-2-3-5-9(7)15-11(8)13/h2,4,8H,6H2,1H3. The van der Waals surface area contributed by atoms with Crippen LogP contribution in [0.4, 0.5) is 0 Å². The number of ether oxygens (including phenoxy) is 2. The highest BCUT2D eigenvalue weighted by Crippen LogP contribution is 2.26. The highest BCUT2D eigenvalue weighted by Gasteiger charge is 2.34. The van der Waals surface area contributed by atoms with Crippen molar-refractivity contribution >= 4 is 11.9 Å². The van der Waals surface area contributed by atoms with E-state index < -0.39 is 17.9 Å². The molecule has 76 valence electrons. The number of esters is 2. The van der Waals surface area contributed by atoms with Gasteiger partial charge in [0.25, 0.3) is 0 Å². The van der Waals surface area contributed by atoms with Crippen molar-refractivity contribution < 1.29 is 19.1 Å². The molecule has 1 aromatic carbocycles. The number of hydrogen-bond acceptors (Lipinski definition) is 4. The third-order valence-corrected chi connectivity index (χ3v) is 2.24. The Hall–Kier alpha value is -2.02. The molecule has 4 nitrogen and oxygen atoms in total. The number of fused-ring (bicyclic) bond motifs is 1. The third-order valence-electron chi connectivity index (χ3n) is 2.24. The van der Waals surface area contributed by atoms with Crippen LogP contribution in [0.5, 0.6) is 5.75 Å². The van der Waals surface area contributed by atoms with Gasteiger partial charge in [0.2, 0.25) is 0 Å². The van der Waals surface area contributed by atoms with Gasteiger partial charge in [0.15, 0.2) is 11.7 Å². The van der Waals surface area contributed by atoms with Gasteiger partial charge in [-0.2, -0.15) is 0 Å². The Morgan fingerprint density at radius 1 is 1.67 bits per heavy atom. The highest BCUT2D eigenvalue weighted by atomic mass is 16.6. The van der Waals surface area contributed by atoms with E-state index in [9.17, 15) is 9.59 Å². The normalized spacial score (nSPS) is 18.5. The van der Waals surface area contributed by atoms with Crippen LogP contribution in [0.1, 0.15) is 5.56 Å². The van der Waals surface area contributed by atoms with Crippen molar-refractivity contribution in [1.82, 2.24) is 0 Å². The van der Waals surface area contributed by atoms with E-state index in [1.807, 2.05) is 0 Å². The van der Waals surface area contributed by atoms with E-state index >= 15 is 0 Å². The van der Waals surface area contributed by atoms with E-state index in [0.717, 1.165) is 5.56 Å². The summed E-state index contributed by atoms with van der Waals surface area (Å²) in [4.78, 5) is 22.6. The number of rotatable bonds is 1. The fourth-order valence-corrected chi connectivity index (χ4v) is 1.45. The lowest BCUT2D eigenvalue weighted by Crippen LogP contribution is -2.34. The molecule has 0 bridgehead atoms.